The van der Waals surface area contributed by atoms with Crippen LogP contribution in [0.5, 0.6) is 0 Å². The van der Waals surface area contributed by atoms with Crippen LogP contribution >= 0.6 is 0 Å². The number of likely N-dealkylation sites (N-methyl/N-ethyl adjacent to an activating group) is 1. The molecule has 3 rings (SSSR count). The molecule has 0 spiro atoms. The second kappa shape index (κ2) is 6.18. The minimum absolute atomic E-state index is 0.274. The van der Waals surface area contributed by atoms with Crippen molar-refractivity contribution in [2.24, 2.45) is 0 Å². The van der Waals surface area contributed by atoms with E-state index in [2.05, 4.69) is 65.9 Å². The fourth-order valence-electron chi connectivity index (χ4n) is 3.04. The van der Waals surface area contributed by atoms with Gasteiger partial charge in [-0.15, -0.1) is 0 Å². The zero-order valence-electron chi connectivity index (χ0n) is 14.0. The minimum atomic E-state index is 0.274. The van der Waals surface area contributed by atoms with Gasteiger partial charge in [0.25, 0.3) is 0 Å². The number of aromatic nitrogens is 3. The number of hydrogen-bond acceptors (Lipinski definition) is 4. The Morgan fingerprint density at radius 1 is 1.09 bits per heavy atom. The molecule has 1 saturated heterocycles. The zero-order chi connectivity index (χ0) is 15.7. The van der Waals surface area contributed by atoms with Crippen molar-refractivity contribution < 1.29 is 0 Å². The number of aryl methyl sites for hydroxylation is 2. The van der Waals surface area contributed by atoms with Gasteiger partial charge in [-0.05, 0) is 45.0 Å². The highest BCUT2D eigenvalue weighted by Crippen LogP contribution is 2.23. The third kappa shape index (κ3) is 2.91. The molecule has 0 aliphatic carbocycles. The van der Waals surface area contributed by atoms with Gasteiger partial charge in [0.05, 0.1) is 11.7 Å². The first-order valence-electron chi connectivity index (χ1n) is 7.96. The van der Waals surface area contributed by atoms with Crippen molar-refractivity contribution in [1.82, 2.24) is 24.6 Å². The van der Waals surface area contributed by atoms with Crippen LogP contribution in [0.2, 0.25) is 0 Å². The van der Waals surface area contributed by atoms with Gasteiger partial charge in [0.15, 0.2) is 0 Å². The molecule has 5 nitrogen and oxygen atoms in total. The lowest BCUT2D eigenvalue weighted by molar-refractivity contribution is 0.114. The summed E-state index contributed by atoms with van der Waals surface area (Å²) in [6.45, 7) is 10.9. The highest BCUT2D eigenvalue weighted by molar-refractivity contribution is 5.43. The predicted octanol–water partition coefficient (Wildman–Crippen LogP) is 2.19. The molecule has 2 aromatic rings. The van der Waals surface area contributed by atoms with Gasteiger partial charge in [0.2, 0.25) is 0 Å². The van der Waals surface area contributed by atoms with E-state index in [-0.39, 0.29) is 6.04 Å². The van der Waals surface area contributed by atoms with Crippen LogP contribution in [0.4, 0.5) is 0 Å². The topological polar surface area (TPSA) is 37.2 Å². The van der Waals surface area contributed by atoms with Gasteiger partial charge in [-0.25, -0.2) is 9.67 Å². The standard InChI is InChI=1S/C17H25N5/c1-13-5-6-14(2)16(11-13)22-17(18-12-19-22)15(3)21-9-7-20(4)8-10-21/h5-6,11-12,15H,7-10H2,1-4H3/t15-/m1/s1. The Morgan fingerprint density at radius 2 is 1.82 bits per heavy atom. The number of rotatable bonds is 3. The lowest BCUT2D eigenvalue weighted by Crippen LogP contribution is -2.45. The summed E-state index contributed by atoms with van der Waals surface area (Å²) in [7, 11) is 2.18. The van der Waals surface area contributed by atoms with E-state index in [4.69, 9.17) is 0 Å². The number of benzene rings is 1. The third-order valence-electron chi connectivity index (χ3n) is 4.63. The molecule has 0 unspecified atom stereocenters. The van der Waals surface area contributed by atoms with E-state index in [0.717, 1.165) is 37.7 Å². The van der Waals surface area contributed by atoms with Gasteiger partial charge in [-0.1, -0.05) is 12.1 Å². The molecule has 5 heteroatoms. The van der Waals surface area contributed by atoms with Gasteiger partial charge in [-0.2, -0.15) is 5.10 Å². The van der Waals surface area contributed by atoms with Crippen molar-refractivity contribution in [2.45, 2.75) is 26.8 Å². The molecule has 118 valence electrons. The summed E-state index contributed by atoms with van der Waals surface area (Å²) in [6, 6.07) is 6.75. The molecule has 22 heavy (non-hydrogen) atoms. The Morgan fingerprint density at radius 3 is 2.55 bits per heavy atom. The van der Waals surface area contributed by atoms with E-state index in [1.165, 1.54) is 11.1 Å². The summed E-state index contributed by atoms with van der Waals surface area (Å²) in [6.07, 6.45) is 1.67. The van der Waals surface area contributed by atoms with Crippen LogP contribution in [-0.2, 0) is 0 Å². The maximum absolute atomic E-state index is 4.55. The van der Waals surface area contributed by atoms with Gasteiger partial charge in [0.1, 0.15) is 12.2 Å². The molecule has 0 saturated carbocycles. The number of hydrogen-bond donors (Lipinski definition) is 0. The molecule has 0 amide bonds. The van der Waals surface area contributed by atoms with Crippen molar-refractivity contribution in [3.63, 3.8) is 0 Å². The Bertz CT molecular complexity index is 640. The van der Waals surface area contributed by atoms with Gasteiger partial charge >= 0.3 is 0 Å². The first-order chi connectivity index (χ1) is 10.6. The summed E-state index contributed by atoms with van der Waals surface area (Å²) < 4.78 is 2.01. The Hall–Kier alpha value is -1.72. The van der Waals surface area contributed by atoms with E-state index in [1.54, 1.807) is 6.33 Å². The summed E-state index contributed by atoms with van der Waals surface area (Å²) in [4.78, 5) is 9.42. The average Bonchev–Trinajstić information content (AvgIpc) is 2.99. The number of nitrogens with zero attached hydrogens (tertiary/aromatic N) is 5. The Balaban J connectivity index is 1.90. The van der Waals surface area contributed by atoms with Crippen LogP contribution in [0.3, 0.4) is 0 Å². The Kier molecular flexibility index (Phi) is 4.27. The third-order valence-corrected chi connectivity index (χ3v) is 4.63. The molecule has 1 aromatic carbocycles. The SMILES string of the molecule is Cc1ccc(C)c(-n2ncnc2[C@@H](C)N2CCN(C)CC2)c1. The molecule has 0 bridgehead atoms. The maximum atomic E-state index is 4.55. The molecule has 1 aliphatic heterocycles. The van der Waals surface area contributed by atoms with E-state index in [1.807, 2.05) is 4.68 Å². The van der Waals surface area contributed by atoms with E-state index in [0.29, 0.717) is 0 Å². The average molecular weight is 299 g/mol. The lowest BCUT2D eigenvalue weighted by Gasteiger charge is -2.36. The second-order valence-electron chi connectivity index (χ2n) is 6.34. The Labute approximate surface area is 132 Å². The predicted molar refractivity (Wildman–Crippen MR) is 88.3 cm³/mol. The van der Waals surface area contributed by atoms with Crippen molar-refractivity contribution >= 4 is 0 Å². The first-order valence-corrected chi connectivity index (χ1v) is 7.96. The molecule has 0 radical (unpaired) electrons. The fourth-order valence-corrected chi connectivity index (χ4v) is 3.04. The molecular formula is C17H25N5. The van der Waals surface area contributed by atoms with Crippen LogP contribution in [0.1, 0.15) is 29.9 Å². The lowest BCUT2D eigenvalue weighted by atomic mass is 10.1. The molecule has 2 heterocycles. The largest absolute Gasteiger partial charge is 0.304 e. The highest BCUT2D eigenvalue weighted by Gasteiger charge is 2.24. The van der Waals surface area contributed by atoms with Gasteiger partial charge in [0, 0.05) is 26.2 Å². The quantitative estimate of drug-likeness (QED) is 0.870. The smallest absolute Gasteiger partial charge is 0.149 e. The van der Waals surface area contributed by atoms with Crippen LogP contribution in [0.25, 0.3) is 5.69 Å². The highest BCUT2D eigenvalue weighted by atomic mass is 15.4. The summed E-state index contributed by atoms with van der Waals surface area (Å²) >= 11 is 0. The summed E-state index contributed by atoms with van der Waals surface area (Å²) in [5.41, 5.74) is 3.60. The van der Waals surface area contributed by atoms with Crippen molar-refractivity contribution in [3.05, 3.63) is 41.5 Å². The van der Waals surface area contributed by atoms with Crippen molar-refractivity contribution in [3.8, 4) is 5.69 Å². The fraction of sp³-hybridized carbons (Fsp3) is 0.529. The summed E-state index contributed by atoms with van der Waals surface area (Å²) in [5.74, 6) is 1.03. The molecule has 0 N–H and O–H groups in total. The molecule has 1 atom stereocenters. The van der Waals surface area contributed by atoms with E-state index >= 15 is 0 Å². The zero-order valence-corrected chi connectivity index (χ0v) is 14.0. The number of piperazine rings is 1. The normalized spacial score (nSPS) is 18.5. The first kappa shape index (κ1) is 15.2. The van der Waals surface area contributed by atoms with Crippen LogP contribution in [0.15, 0.2) is 24.5 Å². The van der Waals surface area contributed by atoms with E-state index in [9.17, 15) is 0 Å². The monoisotopic (exact) mass is 299 g/mol. The second-order valence-corrected chi connectivity index (χ2v) is 6.34. The minimum Gasteiger partial charge on any atom is -0.304 e. The molecule has 1 aliphatic rings. The molecular weight excluding hydrogens is 274 g/mol. The van der Waals surface area contributed by atoms with E-state index < -0.39 is 0 Å². The van der Waals surface area contributed by atoms with Gasteiger partial charge < -0.3 is 4.90 Å². The summed E-state index contributed by atoms with van der Waals surface area (Å²) in [5, 5.41) is 4.49. The van der Waals surface area contributed by atoms with Crippen LogP contribution in [-0.4, -0.2) is 57.8 Å². The van der Waals surface area contributed by atoms with Crippen molar-refractivity contribution in [2.75, 3.05) is 33.2 Å². The maximum Gasteiger partial charge on any atom is 0.149 e. The molecule has 1 aromatic heterocycles. The van der Waals surface area contributed by atoms with Gasteiger partial charge in [-0.3, -0.25) is 4.90 Å². The van der Waals surface area contributed by atoms with Crippen molar-refractivity contribution in [1.29, 1.82) is 0 Å². The molecule has 1 fully saturated rings. The van der Waals surface area contributed by atoms with Crippen LogP contribution < -0.4 is 0 Å². The van der Waals surface area contributed by atoms with Crippen LogP contribution in [0, 0.1) is 13.8 Å².